The van der Waals surface area contributed by atoms with Crippen molar-refractivity contribution in [3.05, 3.63) is 78.6 Å². The number of amides is 2. The van der Waals surface area contributed by atoms with E-state index in [-0.39, 0.29) is 30.2 Å². The number of nitrogens with zero attached hydrogens (tertiary/aromatic N) is 3. The fourth-order valence-electron chi connectivity index (χ4n) is 4.15. The largest absolute Gasteiger partial charge is 0.480 e. The summed E-state index contributed by atoms with van der Waals surface area (Å²) in [5.74, 6) is -1.13. The summed E-state index contributed by atoms with van der Waals surface area (Å²) in [6, 6.07) is 18.0. The van der Waals surface area contributed by atoms with E-state index in [1.54, 1.807) is 28.0 Å². The van der Waals surface area contributed by atoms with Gasteiger partial charge in [0.2, 0.25) is 11.8 Å². The van der Waals surface area contributed by atoms with Crippen molar-refractivity contribution in [1.82, 2.24) is 20.0 Å². The Morgan fingerprint density at radius 3 is 2.65 bits per heavy atom. The van der Waals surface area contributed by atoms with Crippen LogP contribution in [0.15, 0.2) is 78.0 Å². The van der Waals surface area contributed by atoms with Crippen molar-refractivity contribution in [3.8, 4) is 5.69 Å². The number of aromatic nitrogens is 2. The third-order valence-electron chi connectivity index (χ3n) is 5.89. The van der Waals surface area contributed by atoms with Gasteiger partial charge >= 0.3 is 5.97 Å². The quantitative estimate of drug-likeness (QED) is 0.486. The summed E-state index contributed by atoms with van der Waals surface area (Å²) in [6.45, 7) is 0.0714. The van der Waals surface area contributed by atoms with Crippen molar-refractivity contribution < 1.29 is 19.5 Å². The van der Waals surface area contributed by atoms with Crippen LogP contribution in [0.2, 0.25) is 0 Å². The summed E-state index contributed by atoms with van der Waals surface area (Å²) in [5.41, 5.74) is 1.66. The number of carbonyl (C=O) groups is 3. The first-order chi connectivity index (χ1) is 16.5. The molecule has 2 aliphatic rings. The lowest BCUT2D eigenvalue weighted by Gasteiger charge is -2.53. The van der Waals surface area contributed by atoms with Gasteiger partial charge in [-0.05, 0) is 23.8 Å². The summed E-state index contributed by atoms with van der Waals surface area (Å²) < 4.78 is 0.489. The molecular formula is C24H22N4O4S2. The van der Waals surface area contributed by atoms with Gasteiger partial charge in [-0.15, -0.1) is 23.5 Å². The predicted molar refractivity (Wildman–Crippen MR) is 130 cm³/mol. The van der Waals surface area contributed by atoms with Crippen molar-refractivity contribution >= 4 is 41.3 Å². The van der Waals surface area contributed by atoms with Crippen LogP contribution in [0, 0.1) is 0 Å². The van der Waals surface area contributed by atoms with E-state index in [0.29, 0.717) is 5.75 Å². The standard InChI is InChI=1S/C24H22N4O4S2/c29-19(13-16-7-2-1-3-8-16)26-20-21(30)27-14-24(23(31)32,15-33-22(20)27)34-18-10-5-4-9-17(18)28-12-6-11-25-28/h1-12,20,22H,13-15H2,(H,26,29)(H,31,32)/t20-,22-,24?/m1/s1. The summed E-state index contributed by atoms with van der Waals surface area (Å²) in [5, 5.41) is 17.0. The van der Waals surface area contributed by atoms with E-state index >= 15 is 0 Å². The minimum absolute atomic E-state index is 0.0714. The Labute approximate surface area is 204 Å². The van der Waals surface area contributed by atoms with Crippen LogP contribution in [-0.4, -0.2) is 66.0 Å². The zero-order valence-corrected chi connectivity index (χ0v) is 19.7. The molecule has 34 heavy (non-hydrogen) atoms. The molecule has 1 unspecified atom stereocenters. The molecule has 2 N–H and O–H groups in total. The molecule has 0 aliphatic carbocycles. The van der Waals surface area contributed by atoms with E-state index < -0.39 is 16.8 Å². The Morgan fingerprint density at radius 1 is 1.15 bits per heavy atom. The molecule has 5 rings (SSSR count). The van der Waals surface area contributed by atoms with Crippen molar-refractivity contribution in [2.24, 2.45) is 0 Å². The Morgan fingerprint density at radius 2 is 1.91 bits per heavy atom. The van der Waals surface area contributed by atoms with Gasteiger partial charge in [0.1, 0.15) is 16.2 Å². The van der Waals surface area contributed by atoms with Gasteiger partial charge in [-0.2, -0.15) is 5.10 Å². The fraction of sp³-hybridized carbons (Fsp3) is 0.250. The van der Waals surface area contributed by atoms with Gasteiger partial charge in [-0.25, -0.2) is 4.68 Å². The number of nitrogens with one attached hydrogen (secondary N) is 1. The number of carboxylic acid groups (broad SMARTS) is 1. The Hall–Kier alpha value is -3.24. The van der Waals surface area contributed by atoms with E-state index in [1.807, 2.05) is 54.6 Å². The second-order valence-electron chi connectivity index (χ2n) is 8.20. The molecule has 3 atom stereocenters. The van der Waals surface area contributed by atoms with Gasteiger partial charge in [0.25, 0.3) is 0 Å². The number of aliphatic carboxylic acids is 1. The zero-order chi connectivity index (χ0) is 23.7. The molecule has 8 nitrogen and oxygen atoms in total. The number of benzene rings is 2. The molecule has 0 bridgehead atoms. The highest BCUT2D eigenvalue weighted by molar-refractivity contribution is 8.05. The maximum absolute atomic E-state index is 12.9. The maximum Gasteiger partial charge on any atom is 0.322 e. The molecule has 2 fully saturated rings. The number of para-hydroxylation sites is 1. The molecule has 2 saturated heterocycles. The van der Waals surface area contributed by atoms with Crippen LogP contribution < -0.4 is 5.32 Å². The third kappa shape index (κ3) is 4.19. The van der Waals surface area contributed by atoms with Gasteiger partial charge in [0.15, 0.2) is 0 Å². The summed E-state index contributed by atoms with van der Waals surface area (Å²) in [6.07, 6.45) is 3.67. The highest BCUT2D eigenvalue weighted by Gasteiger charge is 2.58. The minimum atomic E-state index is -1.21. The lowest BCUT2D eigenvalue weighted by Crippen LogP contribution is -2.74. The van der Waals surface area contributed by atoms with E-state index in [4.69, 9.17) is 0 Å². The predicted octanol–water partition coefficient (Wildman–Crippen LogP) is 2.43. The minimum Gasteiger partial charge on any atom is -0.480 e. The van der Waals surface area contributed by atoms with Gasteiger partial charge < -0.3 is 15.3 Å². The monoisotopic (exact) mass is 494 g/mol. The highest BCUT2D eigenvalue weighted by atomic mass is 32.2. The normalized spacial score (nSPS) is 23.6. The van der Waals surface area contributed by atoms with Gasteiger partial charge in [0.05, 0.1) is 12.1 Å². The van der Waals surface area contributed by atoms with Gasteiger partial charge in [0, 0.05) is 29.6 Å². The SMILES string of the molecule is O=C(Cc1ccccc1)N[C@@H]1C(=O)N2CC(Sc3ccccc3-n3cccn3)(C(=O)O)CS[C@H]12. The number of carboxylic acids is 1. The van der Waals surface area contributed by atoms with E-state index in [9.17, 15) is 19.5 Å². The lowest BCUT2D eigenvalue weighted by atomic mass is 10.0. The Bertz CT molecular complexity index is 1220. The Balaban J connectivity index is 1.29. The second-order valence-corrected chi connectivity index (χ2v) is 10.7. The summed E-state index contributed by atoms with van der Waals surface area (Å²) >= 11 is 2.64. The van der Waals surface area contributed by atoms with Crippen LogP contribution in [-0.2, 0) is 20.8 Å². The number of rotatable bonds is 7. The lowest BCUT2D eigenvalue weighted by molar-refractivity contribution is -0.152. The van der Waals surface area contributed by atoms with Gasteiger partial charge in [-0.1, -0.05) is 42.5 Å². The van der Waals surface area contributed by atoms with Crippen LogP contribution >= 0.6 is 23.5 Å². The van der Waals surface area contributed by atoms with Crippen LogP contribution in [0.3, 0.4) is 0 Å². The van der Waals surface area contributed by atoms with Crippen LogP contribution in [0.25, 0.3) is 5.69 Å². The fourth-order valence-corrected chi connectivity index (χ4v) is 7.10. The van der Waals surface area contributed by atoms with E-state index in [1.165, 1.54) is 23.5 Å². The first kappa shape index (κ1) is 22.5. The van der Waals surface area contributed by atoms with Crippen molar-refractivity contribution in [2.75, 3.05) is 12.3 Å². The van der Waals surface area contributed by atoms with Crippen LogP contribution in [0.4, 0.5) is 0 Å². The molecule has 10 heteroatoms. The molecule has 0 spiro atoms. The summed E-state index contributed by atoms with van der Waals surface area (Å²) in [7, 11) is 0. The second kappa shape index (κ2) is 9.19. The number of thioether (sulfide) groups is 2. The number of fused-ring (bicyclic) bond motifs is 1. The third-order valence-corrected chi connectivity index (χ3v) is 9.00. The average molecular weight is 495 g/mol. The van der Waals surface area contributed by atoms with Crippen molar-refractivity contribution in [2.45, 2.75) is 27.5 Å². The van der Waals surface area contributed by atoms with Crippen molar-refractivity contribution in [1.29, 1.82) is 0 Å². The van der Waals surface area contributed by atoms with Crippen molar-refractivity contribution in [3.63, 3.8) is 0 Å². The summed E-state index contributed by atoms with van der Waals surface area (Å²) in [4.78, 5) is 40.1. The zero-order valence-electron chi connectivity index (χ0n) is 18.0. The smallest absolute Gasteiger partial charge is 0.322 e. The highest BCUT2D eigenvalue weighted by Crippen LogP contribution is 2.47. The number of hydrogen-bond acceptors (Lipinski definition) is 6. The molecule has 2 amide bonds. The number of carbonyl (C=O) groups excluding carboxylic acids is 2. The molecule has 3 aromatic rings. The first-order valence-corrected chi connectivity index (χ1v) is 12.6. The molecule has 0 radical (unpaired) electrons. The molecule has 174 valence electrons. The maximum atomic E-state index is 12.9. The van der Waals surface area contributed by atoms with E-state index in [0.717, 1.165) is 16.1 Å². The van der Waals surface area contributed by atoms with Gasteiger partial charge in [-0.3, -0.25) is 14.4 Å². The van der Waals surface area contributed by atoms with Crippen LogP contribution in [0.1, 0.15) is 5.56 Å². The van der Waals surface area contributed by atoms with E-state index in [2.05, 4.69) is 10.4 Å². The molecular weight excluding hydrogens is 472 g/mol. The topological polar surface area (TPSA) is 105 Å². The molecule has 2 aromatic carbocycles. The molecule has 3 heterocycles. The number of hydrogen-bond donors (Lipinski definition) is 2. The molecule has 0 saturated carbocycles. The molecule has 1 aromatic heterocycles. The first-order valence-electron chi connectivity index (χ1n) is 10.7. The average Bonchev–Trinajstić information content (AvgIpc) is 3.38. The number of β-lactam (4-membered cyclic amide) rings is 1. The van der Waals surface area contributed by atoms with Crippen LogP contribution in [0.5, 0.6) is 0 Å². The Kier molecular flexibility index (Phi) is 6.09. The molecule has 2 aliphatic heterocycles.